The molecule has 4 rings (SSSR count). The summed E-state index contributed by atoms with van der Waals surface area (Å²) in [6.07, 6.45) is 3.61. The number of carbonyl (C=O) groups excluding carboxylic acids is 2. The molecular weight excluding hydrogens is 387 g/mol. The topological polar surface area (TPSA) is 99.2 Å². The van der Waals surface area contributed by atoms with Gasteiger partial charge >= 0.3 is 0 Å². The number of amides is 2. The summed E-state index contributed by atoms with van der Waals surface area (Å²) in [5, 5.41) is 7.41. The van der Waals surface area contributed by atoms with Crippen molar-refractivity contribution in [2.24, 2.45) is 5.73 Å². The minimum absolute atomic E-state index is 0.210. The number of fused-ring (bicyclic) bond motifs is 1. The van der Waals surface area contributed by atoms with Gasteiger partial charge < -0.3 is 15.8 Å². The minimum atomic E-state index is -0.561. The highest BCUT2D eigenvalue weighted by molar-refractivity contribution is 6.04. The van der Waals surface area contributed by atoms with Crippen LogP contribution >= 0.6 is 0 Å². The van der Waals surface area contributed by atoms with Crippen molar-refractivity contribution in [2.75, 3.05) is 11.9 Å². The number of rotatable bonds is 6. The van der Waals surface area contributed by atoms with E-state index in [0.29, 0.717) is 17.1 Å². The molecule has 0 saturated heterocycles. The van der Waals surface area contributed by atoms with Crippen molar-refractivity contribution >= 4 is 17.5 Å². The van der Waals surface area contributed by atoms with Gasteiger partial charge in [-0.15, -0.1) is 0 Å². The van der Waals surface area contributed by atoms with E-state index in [1.54, 1.807) is 41.1 Å². The smallest absolute Gasteiger partial charge is 0.276 e. The average Bonchev–Trinajstić information content (AvgIpc) is 3.14. The summed E-state index contributed by atoms with van der Waals surface area (Å²) >= 11 is 0. The van der Waals surface area contributed by atoms with Crippen LogP contribution in [0.2, 0.25) is 0 Å². The van der Waals surface area contributed by atoms with Crippen molar-refractivity contribution < 1.29 is 18.7 Å². The van der Waals surface area contributed by atoms with Gasteiger partial charge in [0, 0.05) is 16.9 Å². The van der Waals surface area contributed by atoms with Gasteiger partial charge in [-0.1, -0.05) is 0 Å². The lowest BCUT2D eigenvalue weighted by molar-refractivity contribution is -0.119. The van der Waals surface area contributed by atoms with Gasteiger partial charge in [0.2, 0.25) is 0 Å². The average molecular weight is 408 g/mol. The van der Waals surface area contributed by atoms with E-state index < -0.39 is 5.91 Å². The molecule has 0 aliphatic heterocycles. The molecular formula is C22H21FN4O3. The van der Waals surface area contributed by atoms with E-state index in [1.807, 2.05) is 0 Å². The molecule has 0 saturated carbocycles. The first-order chi connectivity index (χ1) is 14.5. The molecule has 1 aliphatic carbocycles. The number of hydrogen-bond acceptors (Lipinski definition) is 4. The predicted molar refractivity (Wildman–Crippen MR) is 109 cm³/mol. The number of carbonyl (C=O) groups is 2. The second-order valence-corrected chi connectivity index (χ2v) is 7.10. The molecule has 2 aromatic carbocycles. The molecule has 1 aromatic heterocycles. The monoisotopic (exact) mass is 408 g/mol. The fourth-order valence-corrected chi connectivity index (χ4v) is 3.56. The first-order valence-corrected chi connectivity index (χ1v) is 9.70. The summed E-state index contributed by atoms with van der Waals surface area (Å²) in [7, 11) is 0. The molecule has 0 unspecified atom stereocenters. The van der Waals surface area contributed by atoms with Crippen LogP contribution in [0.4, 0.5) is 10.1 Å². The van der Waals surface area contributed by atoms with Gasteiger partial charge in [-0.25, -0.2) is 9.07 Å². The first-order valence-electron chi connectivity index (χ1n) is 9.70. The minimum Gasteiger partial charge on any atom is -0.484 e. The number of aromatic nitrogens is 2. The molecule has 0 radical (unpaired) electrons. The van der Waals surface area contributed by atoms with Crippen LogP contribution in [0.5, 0.6) is 5.75 Å². The van der Waals surface area contributed by atoms with Gasteiger partial charge in [0.05, 0.1) is 5.69 Å². The molecule has 30 heavy (non-hydrogen) atoms. The van der Waals surface area contributed by atoms with Crippen molar-refractivity contribution in [2.45, 2.75) is 25.7 Å². The van der Waals surface area contributed by atoms with Crippen LogP contribution in [0.25, 0.3) is 5.69 Å². The number of anilines is 1. The SMILES string of the molecule is NC(=O)COc1ccc(NC(=O)c2nn(-c3ccc(F)cc3)c3c2CCCC3)cc1. The van der Waals surface area contributed by atoms with Gasteiger partial charge in [0.1, 0.15) is 11.6 Å². The maximum atomic E-state index is 13.3. The van der Waals surface area contributed by atoms with Gasteiger partial charge in [-0.2, -0.15) is 5.10 Å². The van der Waals surface area contributed by atoms with Crippen LogP contribution in [0, 0.1) is 5.82 Å². The normalized spacial score (nSPS) is 12.8. The van der Waals surface area contributed by atoms with Crippen molar-refractivity contribution in [1.82, 2.24) is 9.78 Å². The fraction of sp³-hybridized carbons (Fsp3) is 0.227. The second-order valence-electron chi connectivity index (χ2n) is 7.10. The molecule has 0 fully saturated rings. The lowest BCUT2D eigenvalue weighted by atomic mass is 9.95. The Balaban J connectivity index is 1.57. The number of halogens is 1. The van der Waals surface area contributed by atoms with Crippen LogP contribution in [0.15, 0.2) is 48.5 Å². The number of nitrogens with two attached hydrogens (primary N) is 1. The Morgan fingerprint density at radius 2 is 1.77 bits per heavy atom. The van der Waals surface area contributed by atoms with Gasteiger partial charge in [0.25, 0.3) is 11.8 Å². The highest BCUT2D eigenvalue weighted by Gasteiger charge is 2.25. The van der Waals surface area contributed by atoms with Crippen molar-refractivity contribution in [3.8, 4) is 11.4 Å². The van der Waals surface area contributed by atoms with Gasteiger partial charge in [-0.05, 0) is 74.2 Å². The molecule has 154 valence electrons. The quantitative estimate of drug-likeness (QED) is 0.655. The Kier molecular flexibility index (Phi) is 5.47. The van der Waals surface area contributed by atoms with Crippen LogP contribution in [-0.2, 0) is 17.6 Å². The Morgan fingerprint density at radius 1 is 1.07 bits per heavy atom. The summed E-state index contributed by atoms with van der Waals surface area (Å²) < 4.78 is 20.3. The van der Waals surface area contributed by atoms with E-state index >= 15 is 0 Å². The molecule has 0 atom stereocenters. The van der Waals surface area contributed by atoms with E-state index in [0.717, 1.165) is 42.6 Å². The second kappa shape index (κ2) is 8.36. The lowest BCUT2D eigenvalue weighted by Crippen LogP contribution is -2.20. The third kappa shape index (κ3) is 4.17. The molecule has 0 spiro atoms. The molecule has 3 aromatic rings. The highest BCUT2D eigenvalue weighted by Crippen LogP contribution is 2.28. The maximum absolute atomic E-state index is 13.3. The van der Waals surface area contributed by atoms with Crippen LogP contribution in [0.3, 0.4) is 0 Å². The van der Waals surface area contributed by atoms with Crippen molar-refractivity contribution in [1.29, 1.82) is 0 Å². The molecule has 1 heterocycles. The summed E-state index contributed by atoms with van der Waals surface area (Å²) in [6.45, 7) is -0.210. The number of primary amides is 1. The van der Waals surface area contributed by atoms with E-state index in [4.69, 9.17) is 10.5 Å². The standard InChI is InChI=1S/C22H21FN4O3/c23-14-5-9-16(10-6-14)27-19-4-2-1-3-18(19)21(26-27)22(29)25-15-7-11-17(12-8-15)30-13-20(24)28/h5-12H,1-4,13H2,(H2,24,28)(H,25,29). The molecule has 0 bridgehead atoms. The van der Waals surface area contributed by atoms with Crippen LogP contribution < -0.4 is 15.8 Å². The Bertz CT molecular complexity index is 1080. The third-order valence-electron chi connectivity index (χ3n) is 4.96. The lowest BCUT2D eigenvalue weighted by Gasteiger charge is -2.14. The van der Waals surface area contributed by atoms with E-state index in [-0.39, 0.29) is 18.3 Å². The highest BCUT2D eigenvalue weighted by atomic mass is 19.1. The summed E-state index contributed by atoms with van der Waals surface area (Å²) in [6, 6.07) is 12.7. The van der Waals surface area contributed by atoms with Crippen LogP contribution in [0.1, 0.15) is 34.6 Å². The fourth-order valence-electron chi connectivity index (χ4n) is 3.56. The summed E-state index contributed by atoms with van der Waals surface area (Å²) in [5.41, 5.74) is 8.67. The number of nitrogens with one attached hydrogen (secondary N) is 1. The molecule has 1 aliphatic rings. The largest absolute Gasteiger partial charge is 0.484 e. The third-order valence-corrected chi connectivity index (χ3v) is 4.96. The summed E-state index contributed by atoms with van der Waals surface area (Å²) in [4.78, 5) is 23.7. The molecule has 2 amide bonds. The van der Waals surface area contributed by atoms with Crippen LogP contribution in [-0.4, -0.2) is 28.2 Å². The zero-order chi connectivity index (χ0) is 21.1. The van der Waals surface area contributed by atoms with E-state index in [2.05, 4.69) is 10.4 Å². The number of nitrogens with zero attached hydrogens (tertiary/aromatic N) is 2. The predicted octanol–water partition coefficient (Wildman–Crippen LogP) is 3.01. The number of benzene rings is 2. The molecule has 8 heteroatoms. The summed E-state index contributed by atoms with van der Waals surface area (Å²) in [5.74, 6) is -0.709. The Labute approximate surface area is 172 Å². The van der Waals surface area contributed by atoms with E-state index in [9.17, 15) is 14.0 Å². The Hall–Kier alpha value is -3.68. The zero-order valence-corrected chi connectivity index (χ0v) is 16.2. The number of hydrogen-bond donors (Lipinski definition) is 2. The molecule has 3 N–H and O–H groups in total. The van der Waals surface area contributed by atoms with Gasteiger partial charge in [0.15, 0.2) is 12.3 Å². The van der Waals surface area contributed by atoms with E-state index in [1.165, 1.54) is 12.1 Å². The van der Waals surface area contributed by atoms with Crippen molar-refractivity contribution in [3.05, 3.63) is 71.3 Å². The molecule has 7 nitrogen and oxygen atoms in total. The van der Waals surface area contributed by atoms with Gasteiger partial charge in [-0.3, -0.25) is 9.59 Å². The maximum Gasteiger partial charge on any atom is 0.276 e. The number of ether oxygens (including phenoxy) is 1. The zero-order valence-electron chi connectivity index (χ0n) is 16.2. The van der Waals surface area contributed by atoms with Crippen molar-refractivity contribution in [3.63, 3.8) is 0 Å². The first kappa shape index (κ1) is 19.6. The Morgan fingerprint density at radius 3 is 2.47 bits per heavy atom.